The molecule has 3 aromatic rings. The van der Waals surface area contributed by atoms with E-state index in [0.717, 1.165) is 11.6 Å². The number of benzene rings is 2. The molecular formula is C23H22FN3O6. The van der Waals surface area contributed by atoms with Gasteiger partial charge in [-0.1, -0.05) is 18.2 Å². The number of amides is 1. The smallest absolute Gasteiger partial charge is 0.404 e. The van der Waals surface area contributed by atoms with Crippen LogP contribution in [0.3, 0.4) is 0 Å². The number of halogens is 1. The van der Waals surface area contributed by atoms with Gasteiger partial charge in [0.1, 0.15) is 6.54 Å². The van der Waals surface area contributed by atoms with Crippen LogP contribution in [0.25, 0.3) is 10.8 Å². The molecule has 1 amide bonds. The van der Waals surface area contributed by atoms with Crippen molar-refractivity contribution in [2.75, 3.05) is 18.1 Å². The molecule has 4 rings (SSSR count). The lowest BCUT2D eigenvalue weighted by Crippen LogP contribution is -2.38. The number of ether oxygens (including phenoxy) is 3. The molecule has 0 saturated heterocycles. The van der Waals surface area contributed by atoms with Crippen molar-refractivity contribution < 1.29 is 28.2 Å². The van der Waals surface area contributed by atoms with Crippen LogP contribution in [-0.4, -0.2) is 40.8 Å². The van der Waals surface area contributed by atoms with Gasteiger partial charge >= 0.3 is 12.0 Å². The van der Waals surface area contributed by atoms with Crippen LogP contribution >= 0.6 is 0 Å². The Bertz CT molecular complexity index is 1300. The number of nitrogens with zero attached hydrogens (tertiary/aromatic N) is 3. The molecular weight excluding hydrogens is 433 g/mol. The number of aromatic nitrogens is 2. The van der Waals surface area contributed by atoms with E-state index in [1.165, 1.54) is 17.0 Å². The van der Waals surface area contributed by atoms with Crippen molar-refractivity contribution >= 4 is 28.3 Å². The molecule has 33 heavy (non-hydrogen) atoms. The van der Waals surface area contributed by atoms with Gasteiger partial charge in [0, 0.05) is 30.6 Å². The van der Waals surface area contributed by atoms with Crippen molar-refractivity contribution in [3.63, 3.8) is 0 Å². The van der Waals surface area contributed by atoms with Crippen LogP contribution in [0.4, 0.5) is 10.1 Å². The summed E-state index contributed by atoms with van der Waals surface area (Å²) >= 11 is 0. The predicted octanol–water partition coefficient (Wildman–Crippen LogP) is 3.04. The van der Waals surface area contributed by atoms with E-state index in [1.807, 2.05) is 0 Å². The summed E-state index contributed by atoms with van der Waals surface area (Å²) in [5, 5.41) is 4.73. The number of carbonyl (C=O) groups excluding carboxylic acids is 2. The van der Waals surface area contributed by atoms with Gasteiger partial charge in [0.15, 0.2) is 17.2 Å². The zero-order chi connectivity index (χ0) is 23.8. The molecule has 0 N–H and O–H groups in total. The van der Waals surface area contributed by atoms with E-state index in [2.05, 4.69) is 5.10 Å². The van der Waals surface area contributed by atoms with Crippen molar-refractivity contribution in [3.8, 4) is 11.5 Å². The quantitative estimate of drug-likeness (QED) is 0.527. The van der Waals surface area contributed by atoms with E-state index in [1.54, 1.807) is 44.2 Å². The highest BCUT2D eigenvalue weighted by atomic mass is 19.2. The molecule has 0 spiro atoms. The van der Waals surface area contributed by atoms with E-state index < -0.39 is 30.0 Å². The average Bonchev–Trinajstić information content (AvgIpc) is 3.09. The predicted molar refractivity (Wildman–Crippen MR) is 117 cm³/mol. The fraction of sp³-hybridized carbons (Fsp3) is 0.304. The van der Waals surface area contributed by atoms with Crippen LogP contribution in [-0.2, 0) is 16.1 Å². The van der Waals surface area contributed by atoms with Crippen LogP contribution in [0.15, 0.2) is 47.3 Å². The second-order valence-electron chi connectivity index (χ2n) is 7.39. The first kappa shape index (κ1) is 22.3. The molecule has 2 aromatic carbocycles. The summed E-state index contributed by atoms with van der Waals surface area (Å²) in [6.07, 6.45) is 0. The summed E-state index contributed by atoms with van der Waals surface area (Å²) < 4.78 is 30.2. The Morgan fingerprint density at radius 2 is 1.82 bits per heavy atom. The highest BCUT2D eigenvalue weighted by Crippen LogP contribution is 2.42. The van der Waals surface area contributed by atoms with Crippen LogP contribution in [0.2, 0.25) is 0 Å². The van der Waals surface area contributed by atoms with Gasteiger partial charge in [0.25, 0.3) is 5.56 Å². The molecule has 0 fully saturated rings. The van der Waals surface area contributed by atoms with Crippen LogP contribution in [0.1, 0.15) is 31.3 Å². The zero-order valence-corrected chi connectivity index (χ0v) is 18.3. The van der Waals surface area contributed by atoms with Crippen molar-refractivity contribution in [2.45, 2.75) is 33.4 Å². The van der Waals surface area contributed by atoms with E-state index >= 15 is 0 Å². The van der Waals surface area contributed by atoms with Crippen molar-refractivity contribution in [3.05, 3.63) is 58.5 Å². The normalized spacial score (nSPS) is 16.6. The Labute approximate surface area is 188 Å². The number of carbonyl (C=O) groups is 2. The first-order valence-electron chi connectivity index (χ1n) is 10.4. The number of hydrogen-bond acceptors (Lipinski definition) is 7. The summed E-state index contributed by atoms with van der Waals surface area (Å²) in [6.45, 7) is 4.53. The molecule has 9 nitrogen and oxygen atoms in total. The standard InChI is InChI=1S/C23H22FN3O6/c1-4-26(14-10-11-17-18(12-14)33-23(3,24)32-17)19(28)13-27-21(29)16-9-7-6-8-15(16)20(25-27)22(30)31-5-2/h6-12H,4-5,13H2,1-3H3. The Balaban J connectivity index is 1.68. The highest BCUT2D eigenvalue weighted by Gasteiger charge is 2.37. The molecule has 0 saturated carbocycles. The van der Waals surface area contributed by atoms with Crippen molar-refractivity contribution in [1.29, 1.82) is 0 Å². The molecule has 0 radical (unpaired) electrons. The van der Waals surface area contributed by atoms with E-state index in [-0.39, 0.29) is 35.7 Å². The number of hydrogen-bond donors (Lipinski definition) is 0. The third-order valence-electron chi connectivity index (χ3n) is 5.06. The van der Waals surface area contributed by atoms with Gasteiger partial charge in [0.2, 0.25) is 5.91 Å². The summed E-state index contributed by atoms with van der Waals surface area (Å²) in [7, 11) is 0. The number of alkyl halides is 1. The lowest BCUT2D eigenvalue weighted by atomic mass is 10.1. The monoisotopic (exact) mass is 455 g/mol. The van der Waals surface area contributed by atoms with E-state index in [9.17, 15) is 18.8 Å². The summed E-state index contributed by atoms with van der Waals surface area (Å²) in [5.74, 6) is -0.764. The Kier molecular flexibility index (Phi) is 5.75. The molecule has 1 aromatic heterocycles. The number of fused-ring (bicyclic) bond motifs is 2. The first-order chi connectivity index (χ1) is 15.7. The summed E-state index contributed by atoms with van der Waals surface area (Å²) in [6, 6.07) is 8.81. The lowest BCUT2D eigenvalue weighted by Gasteiger charge is -2.21. The molecule has 1 atom stereocenters. The first-order valence-corrected chi connectivity index (χ1v) is 10.4. The second-order valence-corrected chi connectivity index (χ2v) is 7.39. The number of likely N-dealkylation sites (N-methyl/N-ethyl adjacent to an activating group) is 1. The fourth-order valence-corrected chi connectivity index (χ4v) is 3.65. The second kappa shape index (κ2) is 8.53. The third-order valence-corrected chi connectivity index (χ3v) is 5.06. The average molecular weight is 455 g/mol. The lowest BCUT2D eigenvalue weighted by molar-refractivity contribution is -0.173. The summed E-state index contributed by atoms with van der Waals surface area (Å²) in [5.41, 5.74) is -0.128. The minimum Gasteiger partial charge on any atom is -0.461 e. The van der Waals surface area contributed by atoms with E-state index in [4.69, 9.17) is 14.2 Å². The molecule has 0 aliphatic carbocycles. The topological polar surface area (TPSA) is 100.0 Å². The van der Waals surface area contributed by atoms with Gasteiger partial charge in [0.05, 0.1) is 12.0 Å². The molecule has 2 heterocycles. The molecule has 172 valence electrons. The fourth-order valence-electron chi connectivity index (χ4n) is 3.65. The Morgan fingerprint density at radius 1 is 1.12 bits per heavy atom. The molecule has 10 heteroatoms. The minimum atomic E-state index is -2.28. The SMILES string of the molecule is CCOC(=O)c1nn(CC(=O)N(CC)c2ccc3c(c2)OC(C)(F)O3)c(=O)c2ccccc12. The Morgan fingerprint density at radius 3 is 2.52 bits per heavy atom. The van der Waals surface area contributed by atoms with Crippen molar-refractivity contribution in [1.82, 2.24) is 9.78 Å². The van der Waals surface area contributed by atoms with Gasteiger partial charge in [-0.15, -0.1) is 0 Å². The maximum atomic E-state index is 14.0. The molecule has 1 aliphatic heterocycles. The highest BCUT2D eigenvalue weighted by molar-refractivity contribution is 6.02. The van der Waals surface area contributed by atoms with Crippen LogP contribution < -0.4 is 19.9 Å². The largest absolute Gasteiger partial charge is 0.461 e. The Hall–Kier alpha value is -3.95. The van der Waals surface area contributed by atoms with Gasteiger partial charge < -0.3 is 19.1 Å². The van der Waals surface area contributed by atoms with Gasteiger partial charge in [-0.05, 0) is 32.0 Å². The maximum absolute atomic E-state index is 14.0. The van der Waals surface area contributed by atoms with Crippen LogP contribution in [0, 0.1) is 0 Å². The molecule has 1 aliphatic rings. The van der Waals surface area contributed by atoms with Gasteiger partial charge in [-0.2, -0.15) is 9.49 Å². The third kappa shape index (κ3) is 4.23. The minimum absolute atomic E-state index is 0.0480. The molecule has 1 unspecified atom stereocenters. The van der Waals surface area contributed by atoms with Crippen molar-refractivity contribution in [2.24, 2.45) is 0 Å². The summed E-state index contributed by atoms with van der Waals surface area (Å²) in [4.78, 5) is 39.9. The molecule has 0 bridgehead atoms. The maximum Gasteiger partial charge on any atom is 0.404 e. The number of rotatable bonds is 6. The van der Waals surface area contributed by atoms with E-state index in [0.29, 0.717) is 11.1 Å². The van der Waals surface area contributed by atoms with Gasteiger partial charge in [-0.25, -0.2) is 9.48 Å². The number of esters is 1. The van der Waals surface area contributed by atoms with Gasteiger partial charge in [-0.3, -0.25) is 9.59 Å². The van der Waals surface area contributed by atoms with Crippen LogP contribution in [0.5, 0.6) is 11.5 Å². The zero-order valence-electron chi connectivity index (χ0n) is 18.3. The number of anilines is 1.